The number of hydrogen-bond acceptors (Lipinski definition) is 3. The average Bonchev–Trinajstić information content (AvgIpc) is 2.94. The van der Waals surface area contributed by atoms with Crippen molar-refractivity contribution in [1.82, 2.24) is 0 Å². The summed E-state index contributed by atoms with van der Waals surface area (Å²) in [5.74, 6) is -0.785. The second-order valence-corrected chi connectivity index (χ2v) is 9.00. The first-order chi connectivity index (χ1) is 14.4. The fourth-order valence-electron chi connectivity index (χ4n) is 3.77. The van der Waals surface area contributed by atoms with E-state index in [0.29, 0.717) is 34.8 Å². The summed E-state index contributed by atoms with van der Waals surface area (Å²) in [4.78, 5) is 27.7. The second-order valence-electron chi connectivity index (χ2n) is 7.32. The molecule has 1 amide bonds. The lowest BCUT2D eigenvalue weighted by atomic mass is 9.88. The van der Waals surface area contributed by atoms with Gasteiger partial charge in [-0.25, -0.2) is 0 Å². The number of anilines is 1. The summed E-state index contributed by atoms with van der Waals surface area (Å²) < 4.78 is 1.00. The fourth-order valence-corrected chi connectivity index (χ4v) is 4.30. The smallest absolute Gasteiger partial charge is 0.264 e. The minimum atomic E-state index is -1.93. The van der Waals surface area contributed by atoms with Crippen molar-refractivity contribution in [2.24, 2.45) is 0 Å². The third-order valence-corrected chi connectivity index (χ3v) is 6.30. The van der Waals surface area contributed by atoms with Crippen molar-refractivity contribution in [2.75, 3.05) is 11.4 Å². The Bertz CT molecular complexity index is 1100. The van der Waals surface area contributed by atoms with Crippen LogP contribution in [0.15, 0.2) is 72.8 Å². The van der Waals surface area contributed by atoms with Crippen LogP contribution in [0.4, 0.5) is 5.69 Å². The molecular weight excluding hydrogens is 513 g/mol. The van der Waals surface area contributed by atoms with E-state index in [1.54, 1.807) is 35.2 Å². The molecule has 0 aromatic heterocycles. The first-order valence-electron chi connectivity index (χ1n) is 9.55. The van der Waals surface area contributed by atoms with E-state index in [1.807, 2.05) is 42.5 Å². The number of benzene rings is 3. The highest BCUT2D eigenvalue weighted by atomic mass is 127. The van der Waals surface area contributed by atoms with Gasteiger partial charge in [0.05, 0.1) is 12.1 Å². The van der Waals surface area contributed by atoms with E-state index in [2.05, 4.69) is 22.6 Å². The molecule has 0 saturated heterocycles. The molecule has 3 aromatic carbocycles. The van der Waals surface area contributed by atoms with Crippen LogP contribution in [-0.4, -0.2) is 23.3 Å². The van der Waals surface area contributed by atoms with E-state index in [0.717, 1.165) is 9.13 Å². The van der Waals surface area contributed by atoms with Crippen LogP contribution in [0.3, 0.4) is 0 Å². The maximum atomic E-state index is 13.3. The molecule has 0 fully saturated rings. The predicted molar refractivity (Wildman–Crippen MR) is 126 cm³/mol. The van der Waals surface area contributed by atoms with Crippen molar-refractivity contribution in [3.8, 4) is 0 Å². The van der Waals surface area contributed by atoms with Gasteiger partial charge in [-0.3, -0.25) is 9.59 Å². The molecule has 6 heteroatoms. The van der Waals surface area contributed by atoms with Crippen molar-refractivity contribution in [2.45, 2.75) is 18.4 Å². The largest absolute Gasteiger partial charge is 0.375 e. The van der Waals surface area contributed by atoms with Gasteiger partial charge in [0.1, 0.15) is 0 Å². The van der Waals surface area contributed by atoms with Crippen molar-refractivity contribution in [1.29, 1.82) is 0 Å². The molecule has 0 aliphatic carbocycles. The summed E-state index contributed by atoms with van der Waals surface area (Å²) in [6.45, 7) is 0.400. The Labute approximate surface area is 193 Å². The Morgan fingerprint density at radius 2 is 1.73 bits per heavy atom. The highest BCUT2D eigenvalue weighted by molar-refractivity contribution is 14.1. The lowest BCUT2D eigenvalue weighted by Crippen LogP contribution is -2.42. The highest BCUT2D eigenvalue weighted by Crippen LogP contribution is 2.44. The van der Waals surface area contributed by atoms with Crippen LogP contribution in [0.5, 0.6) is 0 Å². The van der Waals surface area contributed by atoms with Crippen LogP contribution in [0, 0.1) is 3.57 Å². The van der Waals surface area contributed by atoms with E-state index in [4.69, 9.17) is 11.6 Å². The van der Waals surface area contributed by atoms with Crippen molar-refractivity contribution < 1.29 is 14.7 Å². The van der Waals surface area contributed by atoms with Gasteiger partial charge in [-0.1, -0.05) is 54.1 Å². The van der Waals surface area contributed by atoms with Crippen molar-refractivity contribution in [3.05, 3.63) is 98.1 Å². The molecule has 4 rings (SSSR count). The average molecular weight is 532 g/mol. The molecule has 0 bridgehead atoms. The quantitative estimate of drug-likeness (QED) is 0.360. The number of hydrogen-bond donors (Lipinski definition) is 1. The van der Waals surface area contributed by atoms with Crippen molar-refractivity contribution in [3.63, 3.8) is 0 Å². The molecule has 152 valence electrons. The van der Waals surface area contributed by atoms with Gasteiger partial charge in [0.2, 0.25) is 0 Å². The van der Waals surface area contributed by atoms with Gasteiger partial charge in [-0.15, -0.1) is 0 Å². The summed E-state index contributed by atoms with van der Waals surface area (Å²) in [5, 5.41) is 11.8. The standard InChI is InChI=1S/C24H19ClINO3/c25-18-8-11-21-20(14-18)24(30,15-22(28)17-6-9-19(26)10-7-17)23(29)27(21)13-12-16-4-2-1-3-5-16/h1-11,14,30H,12-13,15H2/t24-/m0/s1. The van der Waals surface area contributed by atoms with Gasteiger partial charge in [0.25, 0.3) is 5.91 Å². The first kappa shape index (κ1) is 21.0. The lowest BCUT2D eigenvalue weighted by Gasteiger charge is -2.23. The van der Waals surface area contributed by atoms with E-state index >= 15 is 0 Å². The molecular formula is C24H19ClINO3. The SMILES string of the molecule is O=C(C[C@@]1(O)C(=O)N(CCc2ccccc2)c2ccc(Cl)cc21)c1ccc(I)cc1. The lowest BCUT2D eigenvalue weighted by molar-refractivity contribution is -0.135. The second kappa shape index (κ2) is 8.49. The van der Waals surface area contributed by atoms with Crippen LogP contribution < -0.4 is 4.90 Å². The minimum Gasteiger partial charge on any atom is -0.375 e. The van der Waals surface area contributed by atoms with E-state index < -0.39 is 11.5 Å². The zero-order chi connectivity index (χ0) is 21.3. The highest BCUT2D eigenvalue weighted by Gasteiger charge is 2.50. The molecule has 1 N–H and O–H groups in total. The Balaban J connectivity index is 1.64. The number of Topliss-reactive ketones (excluding diaryl/α,β-unsaturated/α-hetero) is 1. The number of ketones is 1. The molecule has 0 spiro atoms. The minimum absolute atomic E-state index is 0.293. The van der Waals surface area contributed by atoms with Gasteiger partial charge in [0, 0.05) is 26.3 Å². The van der Waals surface area contributed by atoms with Gasteiger partial charge in [-0.2, -0.15) is 0 Å². The third kappa shape index (κ3) is 4.02. The number of carbonyl (C=O) groups is 2. The number of carbonyl (C=O) groups excluding carboxylic acids is 2. The summed E-state index contributed by atoms with van der Waals surface area (Å²) >= 11 is 8.32. The molecule has 1 aliphatic heterocycles. The van der Waals surface area contributed by atoms with Gasteiger partial charge < -0.3 is 10.0 Å². The van der Waals surface area contributed by atoms with Crippen LogP contribution in [0.2, 0.25) is 5.02 Å². The molecule has 1 heterocycles. The Morgan fingerprint density at radius 1 is 1.03 bits per heavy atom. The Hall–Kier alpha value is -2.22. The van der Waals surface area contributed by atoms with Crippen LogP contribution >= 0.6 is 34.2 Å². The molecule has 4 nitrogen and oxygen atoms in total. The number of nitrogens with zero attached hydrogens (tertiary/aromatic N) is 1. The number of rotatable bonds is 6. The molecule has 3 aromatic rings. The normalized spacial score (nSPS) is 17.8. The van der Waals surface area contributed by atoms with E-state index in [9.17, 15) is 14.7 Å². The molecule has 0 radical (unpaired) electrons. The molecule has 0 saturated carbocycles. The molecule has 1 aliphatic rings. The monoisotopic (exact) mass is 531 g/mol. The third-order valence-electron chi connectivity index (χ3n) is 5.34. The predicted octanol–water partition coefficient (Wildman–Crippen LogP) is 4.99. The van der Waals surface area contributed by atoms with Gasteiger partial charge in [0.15, 0.2) is 11.4 Å². The van der Waals surface area contributed by atoms with Crippen LogP contribution in [-0.2, 0) is 16.8 Å². The molecule has 0 unspecified atom stereocenters. The Kier molecular flexibility index (Phi) is 5.95. The number of aliphatic hydroxyl groups is 1. The zero-order valence-corrected chi connectivity index (χ0v) is 18.9. The van der Waals surface area contributed by atoms with Crippen LogP contribution in [0.25, 0.3) is 0 Å². The number of amides is 1. The van der Waals surface area contributed by atoms with Crippen LogP contribution in [0.1, 0.15) is 27.9 Å². The Morgan fingerprint density at radius 3 is 2.43 bits per heavy atom. The van der Waals surface area contributed by atoms with Gasteiger partial charge >= 0.3 is 0 Å². The molecule has 1 atom stereocenters. The topological polar surface area (TPSA) is 57.6 Å². The van der Waals surface area contributed by atoms with E-state index in [-0.39, 0.29) is 12.2 Å². The number of halogens is 2. The fraction of sp³-hybridized carbons (Fsp3) is 0.167. The maximum absolute atomic E-state index is 13.3. The van der Waals surface area contributed by atoms with Gasteiger partial charge in [-0.05, 0) is 64.9 Å². The summed E-state index contributed by atoms with van der Waals surface area (Å²) in [7, 11) is 0. The molecule has 30 heavy (non-hydrogen) atoms. The van der Waals surface area contributed by atoms with E-state index in [1.165, 1.54) is 0 Å². The summed E-state index contributed by atoms with van der Waals surface area (Å²) in [6, 6.07) is 21.9. The maximum Gasteiger partial charge on any atom is 0.264 e. The summed E-state index contributed by atoms with van der Waals surface area (Å²) in [5.41, 5.74) is 0.594. The van der Waals surface area contributed by atoms with Crippen molar-refractivity contribution >= 4 is 51.6 Å². The first-order valence-corrected chi connectivity index (χ1v) is 11.0. The summed E-state index contributed by atoms with van der Waals surface area (Å²) in [6.07, 6.45) is 0.303. The number of fused-ring (bicyclic) bond motifs is 1. The zero-order valence-electron chi connectivity index (χ0n) is 16.0.